The minimum atomic E-state index is 0.427. The third-order valence-corrected chi connectivity index (χ3v) is 1.48. The van der Waals surface area contributed by atoms with E-state index in [2.05, 4.69) is 19.7 Å². The standard InChI is InChI=1S/C9H15BN/c1-4-7-11(10,8-5-2)9-6-3/h4-6H,1-3,7-9H2/q+1. The molecule has 11 heavy (non-hydrogen) atoms. The van der Waals surface area contributed by atoms with Crippen molar-refractivity contribution in [1.29, 1.82) is 0 Å². The summed E-state index contributed by atoms with van der Waals surface area (Å²) < 4.78 is 0.427. The van der Waals surface area contributed by atoms with Gasteiger partial charge in [-0.15, -0.1) is 0 Å². The zero-order valence-electron chi connectivity index (χ0n) is 7.00. The minimum Gasteiger partial charge on any atom is -0.387 e. The molecule has 0 rings (SSSR count). The highest BCUT2D eigenvalue weighted by molar-refractivity contribution is 5.97. The zero-order chi connectivity index (χ0) is 8.74. The lowest BCUT2D eigenvalue weighted by Gasteiger charge is -2.32. The Labute approximate surface area is 70.7 Å². The van der Waals surface area contributed by atoms with E-state index in [4.69, 9.17) is 7.98 Å². The van der Waals surface area contributed by atoms with E-state index in [0.717, 1.165) is 19.6 Å². The van der Waals surface area contributed by atoms with Gasteiger partial charge in [-0.2, -0.15) is 0 Å². The van der Waals surface area contributed by atoms with E-state index in [0.29, 0.717) is 4.39 Å². The molecule has 2 heteroatoms. The molecule has 0 aromatic carbocycles. The maximum Gasteiger partial charge on any atom is 0.482 e. The van der Waals surface area contributed by atoms with Gasteiger partial charge < -0.3 is 4.39 Å². The van der Waals surface area contributed by atoms with Gasteiger partial charge in [0.25, 0.3) is 0 Å². The molecule has 0 aromatic heterocycles. The molecule has 2 radical (unpaired) electrons. The van der Waals surface area contributed by atoms with Crippen LogP contribution in [-0.4, -0.2) is 32.0 Å². The summed E-state index contributed by atoms with van der Waals surface area (Å²) in [5, 5.41) is 0. The van der Waals surface area contributed by atoms with Crippen LogP contribution in [0.4, 0.5) is 0 Å². The van der Waals surface area contributed by atoms with E-state index >= 15 is 0 Å². The smallest absolute Gasteiger partial charge is 0.387 e. The quantitative estimate of drug-likeness (QED) is 0.395. The first-order valence-electron chi connectivity index (χ1n) is 3.66. The Bertz CT molecular complexity index is 125. The van der Waals surface area contributed by atoms with E-state index in [1.54, 1.807) is 0 Å². The predicted octanol–water partition coefficient (Wildman–Crippen LogP) is 1.44. The normalized spacial score (nSPS) is 10.5. The Morgan fingerprint density at radius 1 is 0.909 bits per heavy atom. The molecule has 0 saturated carbocycles. The van der Waals surface area contributed by atoms with Gasteiger partial charge in [-0.3, -0.25) is 0 Å². The van der Waals surface area contributed by atoms with Crippen LogP contribution in [0.3, 0.4) is 0 Å². The van der Waals surface area contributed by atoms with Gasteiger partial charge in [0.2, 0.25) is 0 Å². The van der Waals surface area contributed by atoms with Crippen LogP contribution in [0.15, 0.2) is 38.0 Å². The van der Waals surface area contributed by atoms with Crippen LogP contribution >= 0.6 is 0 Å². The first-order valence-corrected chi connectivity index (χ1v) is 3.66. The van der Waals surface area contributed by atoms with Crippen molar-refractivity contribution in [1.82, 2.24) is 0 Å². The summed E-state index contributed by atoms with van der Waals surface area (Å²) >= 11 is 0. The Balaban J connectivity index is 4.09. The molecule has 0 fully saturated rings. The van der Waals surface area contributed by atoms with E-state index < -0.39 is 0 Å². The molecule has 0 amide bonds. The van der Waals surface area contributed by atoms with Crippen LogP contribution in [0, 0.1) is 0 Å². The molecular weight excluding hydrogens is 133 g/mol. The molecule has 0 heterocycles. The number of hydrogen-bond acceptors (Lipinski definition) is 0. The Morgan fingerprint density at radius 2 is 1.18 bits per heavy atom. The van der Waals surface area contributed by atoms with Crippen molar-refractivity contribution in [3.8, 4) is 0 Å². The largest absolute Gasteiger partial charge is 0.482 e. The molecule has 0 spiro atoms. The van der Waals surface area contributed by atoms with Crippen molar-refractivity contribution < 1.29 is 4.39 Å². The second-order valence-corrected chi connectivity index (χ2v) is 2.63. The molecule has 0 atom stereocenters. The Morgan fingerprint density at radius 3 is 1.36 bits per heavy atom. The summed E-state index contributed by atoms with van der Waals surface area (Å²) in [6, 6.07) is 0. The monoisotopic (exact) mass is 148 g/mol. The lowest BCUT2D eigenvalue weighted by molar-refractivity contribution is -0.797. The van der Waals surface area contributed by atoms with Gasteiger partial charge >= 0.3 is 7.98 Å². The number of quaternary nitrogens is 1. The predicted molar refractivity (Wildman–Crippen MR) is 51.2 cm³/mol. The average Bonchev–Trinajstić information content (AvgIpc) is 1.88. The van der Waals surface area contributed by atoms with E-state index in [1.165, 1.54) is 0 Å². The summed E-state index contributed by atoms with van der Waals surface area (Å²) in [5.41, 5.74) is 0. The molecular formula is C9H15BN+. The van der Waals surface area contributed by atoms with Gasteiger partial charge in [0.05, 0.1) is 19.6 Å². The van der Waals surface area contributed by atoms with Gasteiger partial charge in [-0.25, -0.2) is 0 Å². The highest BCUT2D eigenvalue weighted by Crippen LogP contribution is 2.00. The van der Waals surface area contributed by atoms with Crippen molar-refractivity contribution in [2.24, 2.45) is 0 Å². The maximum absolute atomic E-state index is 5.95. The van der Waals surface area contributed by atoms with E-state index in [-0.39, 0.29) is 0 Å². The third-order valence-electron chi connectivity index (χ3n) is 1.48. The zero-order valence-corrected chi connectivity index (χ0v) is 7.00. The topological polar surface area (TPSA) is 0 Å². The van der Waals surface area contributed by atoms with Crippen molar-refractivity contribution in [3.63, 3.8) is 0 Å². The van der Waals surface area contributed by atoms with Crippen LogP contribution in [-0.2, 0) is 0 Å². The number of nitrogens with zero attached hydrogens (tertiary/aromatic N) is 1. The van der Waals surface area contributed by atoms with Gasteiger partial charge in [-0.1, -0.05) is 19.7 Å². The van der Waals surface area contributed by atoms with Gasteiger partial charge in [-0.05, 0) is 18.2 Å². The van der Waals surface area contributed by atoms with Crippen molar-refractivity contribution in [2.45, 2.75) is 0 Å². The highest BCUT2D eigenvalue weighted by Gasteiger charge is 2.15. The van der Waals surface area contributed by atoms with Gasteiger partial charge in [0, 0.05) is 0 Å². The molecule has 0 aromatic rings. The summed E-state index contributed by atoms with van der Waals surface area (Å²) in [6.45, 7) is 13.2. The van der Waals surface area contributed by atoms with Gasteiger partial charge in [0.15, 0.2) is 0 Å². The van der Waals surface area contributed by atoms with E-state index in [1.807, 2.05) is 18.2 Å². The molecule has 0 aliphatic rings. The molecule has 0 aliphatic carbocycles. The highest BCUT2D eigenvalue weighted by atomic mass is 15.3. The fraction of sp³-hybridized carbons (Fsp3) is 0.333. The second kappa shape index (κ2) is 4.97. The fourth-order valence-electron chi connectivity index (χ4n) is 0.995. The lowest BCUT2D eigenvalue weighted by Crippen LogP contribution is -2.45. The summed E-state index contributed by atoms with van der Waals surface area (Å²) in [6.07, 6.45) is 5.44. The summed E-state index contributed by atoms with van der Waals surface area (Å²) in [7, 11) is 5.95. The first kappa shape index (κ1) is 10.2. The summed E-state index contributed by atoms with van der Waals surface area (Å²) in [4.78, 5) is 0. The second-order valence-electron chi connectivity index (χ2n) is 2.63. The average molecular weight is 148 g/mol. The van der Waals surface area contributed by atoms with Crippen LogP contribution in [0.5, 0.6) is 0 Å². The molecule has 0 aliphatic heterocycles. The minimum absolute atomic E-state index is 0.427. The molecule has 0 N–H and O–H groups in total. The first-order chi connectivity index (χ1) is 5.18. The molecule has 1 nitrogen and oxygen atoms in total. The Kier molecular flexibility index (Phi) is 4.63. The van der Waals surface area contributed by atoms with Crippen LogP contribution in [0.1, 0.15) is 0 Å². The van der Waals surface area contributed by atoms with Crippen molar-refractivity contribution >= 4 is 7.98 Å². The van der Waals surface area contributed by atoms with Crippen LogP contribution in [0.25, 0.3) is 0 Å². The van der Waals surface area contributed by atoms with Gasteiger partial charge in [0.1, 0.15) is 0 Å². The molecule has 0 bridgehead atoms. The fourth-order valence-corrected chi connectivity index (χ4v) is 0.995. The number of rotatable bonds is 6. The van der Waals surface area contributed by atoms with Crippen LogP contribution in [0.2, 0.25) is 0 Å². The van der Waals surface area contributed by atoms with Crippen molar-refractivity contribution in [3.05, 3.63) is 38.0 Å². The Hall–Kier alpha value is -0.755. The maximum atomic E-state index is 5.95. The SMILES string of the molecule is [B][N+](CC=C)(CC=C)CC=C. The molecule has 0 saturated heterocycles. The van der Waals surface area contributed by atoms with E-state index in [9.17, 15) is 0 Å². The number of hydrogen-bond donors (Lipinski definition) is 0. The van der Waals surface area contributed by atoms with Crippen molar-refractivity contribution in [2.75, 3.05) is 19.6 Å². The van der Waals surface area contributed by atoms with Crippen LogP contribution < -0.4 is 0 Å². The summed E-state index contributed by atoms with van der Waals surface area (Å²) in [5.74, 6) is 0. The lowest BCUT2D eigenvalue weighted by atomic mass is 10.1. The third kappa shape index (κ3) is 3.84. The molecule has 0 unspecified atom stereocenters. The molecule has 58 valence electrons.